The largest absolute Gasteiger partial charge is 0.481 e. The molecule has 0 aliphatic carbocycles. The molecule has 3 aromatic rings. The Bertz CT molecular complexity index is 1390. The lowest BCUT2D eigenvalue weighted by molar-refractivity contribution is -0.141. The van der Waals surface area contributed by atoms with Crippen LogP contribution in [0.4, 0.5) is 10.9 Å². The van der Waals surface area contributed by atoms with E-state index in [1.54, 1.807) is 18.1 Å². The highest BCUT2D eigenvalue weighted by atomic mass is 32.1. The van der Waals surface area contributed by atoms with Gasteiger partial charge in [-0.25, -0.2) is 9.97 Å². The molecule has 0 radical (unpaired) electrons. The summed E-state index contributed by atoms with van der Waals surface area (Å²) in [6, 6.07) is 3.79. The van der Waals surface area contributed by atoms with Crippen LogP contribution in [0.15, 0.2) is 28.1 Å². The highest BCUT2D eigenvalue weighted by Gasteiger charge is 2.31. The molecule has 11 heteroatoms. The van der Waals surface area contributed by atoms with Gasteiger partial charge in [0, 0.05) is 61.8 Å². The van der Waals surface area contributed by atoms with Crippen molar-refractivity contribution >= 4 is 40.1 Å². The first-order valence-corrected chi connectivity index (χ1v) is 14.5. The molecule has 0 unspecified atom stereocenters. The van der Waals surface area contributed by atoms with Gasteiger partial charge in [-0.15, -0.1) is 11.3 Å². The van der Waals surface area contributed by atoms with Crippen LogP contribution >= 0.6 is 11.3 Å². The van der Waals surface area contributed by atoms with E-state index in [0.717, 1.165) is 41.7 Å². The van der Waals surface area contributed by atoms with E-state index >= 15 is 0 Å². The normalized spacial score (nSPS) is 16.9. The molecule has 2 fully saturated rings. The van der Waals surface area contributed by atoms with Crippen molar-refractivity contribution in [2.75, 3.05) is 36.6 Å². The Labute approximate surface area is 237 Å². The fourth-order valence-electron chi connectivity index (χ4n) is 5.69. The first-order chi connectivity index (χ1) is 19.2. The molecule has 2 aliphatic heterocycles. The van der Waals surface area contributed by atoms with Gasteiger partial charge in [0.1, 0.15) is 17.3 Å². The summed E-state index contributed by atoms with van der Waals surface area (Å²) < 4.78 is 11.4. The Kier molecular flexibility index (Phi) is 8.32. The molecule has 0 spiro atoms. The zero-order valence-corrected chi connectivity index (χ0v) is 23.8. The van der Waals surface area contributed by atoms with Gasteiger partial charge in [-0.3, -0.25) is 24.2 Å². The number of aliphatic carboxylic acids is 1. The Morgan fingerprint density at radius 3 is 2.60 bits per heavy atom. The summed E-state index contributed by atoms with van der Waals surface area (Å²) in [4.78, 5) is 49.7. The maximum atomic E-state index is 13.5. The second kappa shape index (κ2) is 11.9. The molecule has 212 valence electrons. The van der Waals surface area contributed by atoms with E-state index in [0.29, 0.717) is 55.0 Å². The zero-order valence-electron chi connectivity index (χ0n) is 23.0. The number of aryl methyl sites for hydroxylation is 2. The number of nitrogens with zero attached hydrogens (tertiary/aromatic N) is 4. The van der Waals surface area contributed by atoms with Crippen LogP contribution in [0, 0.1) is 25.7 Å². The number of hydrogen-bond acceptors (Lipinski definition) is 8. The number of pyridine rings is 1. The maximum absolute atomic E-state index is 13.5. The molecule has 2 amide bonds. The molecule has 40 heavy (non-hydrogen) atoms. The lowest BCUT2D eigenvalue weighted by atomic mass is 9.86. The van der Waals surface area contributed by atoms with Crippen LogP contribution in [0.25, 0.3) is 22.4 Å². The first kappa shape index (κ1) is 28.0. The molecule has 0 bridgehead atoms. The van der Waals surface area contributed by atoms with Crippen molar-refractivity contribution in [1.82, 2.24) is 9.97 Å². The van der Waals surface area contributed by atoms with Gasteiger partial charge in [-0.2, -0.15) is 0 Å². The van der Waals surface area contributed by atoms with E-state index in [1.807, 2.05) is 31.4 Å². The van der Waals surface area contributed by atoms with Crippen molar-refractivity contribution < 1.29 is 28.6 Å². The van der Waals surface area contributed by atoms with Gasteiger partial charge >= 0.3 is 5.97 Å². The van der Waals surface area contributed by atoms with E-state index in [1.165, 1.54) is 16.2 Å². The molecule has 3 aromatic heterocycles. The Morgan fingerprint density at radius 1 is 1.20 bits per heavy atom. The first-order valence-electron chi connectivity index (χ1n) is 13.6. The number of thiazole rings is 1. The number of anilines is 2. The number of ether oxygens (including phenoxy) is 1. The maximum Gasteiger partial charge on any atom is 0.304 e. The van der Waals surface area contributed by atoms with Crippen LogP contribution in [0.1, 0.15) is 50.0 Å². The SMILES string of the molecule is Cc1oc(C)c(-c2csc(N(C)C(=O)[C@@H](CC(=O)O)CC3CCOCC3)n2)c1-c1ccc(N2CCCC2=O)nc1. The van der Waals surface area contributed by atoms with Gasteiger partial charge < -0.3 is 14.3 Å². The molecule has 0 saturated carbocycles. The predicted octanol–water partition coefficient (Wildman–Crippen LogP) is 5.08. The third-order valence-electron chi connectivity index (χ3n) is 7.74. The summed E-state index contributed by atoms with van der Waals surface area (Å²) in [5.74, 6) is 0.551. The molecule has 2 saturated heterocycles. The molecular weight excluding hydrogens is 532 g/mol. The summed E-state index contributed by atoms with van der Waals surface area (Å²) in [7, 11) is 1.65. The number of carbonyl (C=O) groups is 3. The third-order valence-corrected chi connectivity index (χ3v) is 8.66. The standard InChI is InChI=1S/C29H34N4O6S/c1-17-26(20-6-7-23(30-15-20)33-10-4-5-24(33)34)27(18(2)39-17)22-16-40-29(31-22)32(3)28(37)21(14-25(35)36)13-19-8-11-38-12-9-19/h6-7,15-16,19,21H,4-5,8-14H2,1-3H3,(H,35,36)/t21-/m1/s1. The third kappa shape index (κ3) is 5.80. The second-order valence-electron chi connectivity index (χ2n) is 10.5. The van der Waals surface area contributed by atoms with E-state index in [2.05, 4.69) is 4.98 Å². The molecule has 2 aliphatic rings. The Morgan fingerprint density at radius 2 is 1.95 bits per heavy atom. The minimum Gasteiger partial charge on any atom is -0.481 e. The average molecular weight is 567 g/mol. The summed E-state index contributed by atoms with van der Waals surface area (Å²) in [5.41, 5.74) is 3.19. The fraction of sp³-hybridized carbons (Fsp3) is 0.483. The van der Waals surface area contributed by atoms with Crippen molar-refractivity contribution in [2.24, 2.45) is 11.8 Å². The molecule has 0 aromatic carbocycles. The van der Waals surface area contributed by atoms with E-state index in [4.69, 9.17) is 14.1 Å². The number of hydrogen-bond donors (Lipinski definition) is 1. The van der Waals surface area contributed by atoms with Crippen molar-refractivity contribution in [3.63, 3.8) is 0 Å². The van der Waals surface area contributed by atoms with Crippen LogP contribution in [-0.4, -0.2) is 59.7 Å². The molecule has 10 nitrogen and oxygen atoms in total. The van der Waals surface area contributed by atoms with Crippen molar-refractivity contribution in [1.29, 1.82) is 0 Å². The monoisotopic (exact) mass is 566 g/mol. The van der Waals surface area contributed by atoms with Gasteiger partial charge in [0.2, 0.25) is 11.8 Å². The van der Waals surface area contributed by atoms with E-state index in [9.17, 15) is 19.5 Å². The second-order valence-corrected chi connectivity index (χ2v) is 11.4. The van der Waals surface area contributed by atoms with Gasteiger partial charge in [0.05, 0.1) is 17.7 Å². The van der Waals surface area contributed by atoms with Crippen LogP contribution in [0.5, 0.6) is 0 Å². The van der Waals surface area contributed by atoms with Gasteiger partial charge in [0.25, 0.3) is 0 Å². The van der Waals surface area contributed by atoms with Crippen LogP contribution in [0.3, 0.4) is 0 Å². The molecular formula is C29H34N4O6S. The van der Waals surface area contributed by atoms with Gasteiger partial charge in [-0.05, 0) is 57.6 Å². The fourth-order valence-corrected chi connectivity index (χ4v) is 6.48. The number of amides is 2. The molecule has 1 atom stereocenters. The molecule has 5 heterocycles. The summed E-state index contributed by atoms with van der Waals surface area (Å²) in [5, 5.41) is 11.9. The number of aromatic nitrogens is 2. The van der Waals surface area contributed by atoms with Crippen molar-refractivity contribution in [3.8, 4) is 22.4 Å². The average Bonchev–Trinajstić information content (AvgIpc) is 3.66. The highest BCUT2D eigenvalue weighted by Crippen LogP contribution is 2.41. The number of furan rings is 1. The Balaban J connectivity index is 1.38. The van der Waals surface area contributed by atoms with Gasteiger partial charge in [-0.1, -0.05) is 0 Å². The number of carbonyl (C=O) groups excluding carboxylic acids is 2. The quantitative estimate of drug-likeness (QED) is 0.380. The topological polar surface area (TPSA) is 126 Å². The number of carboxylic acids is 1. The lowest BCUT2D eigenvalue weighted by Crippen LogP contribution is -2.35. The van der Waals surface area contributed by atoms with Crippen molar-refractivity contribution in [3.05, 3.63) is 35.2 Å². The smallest absolute Gasteiger partial charge is 0.304 e. The molecule has 1 N–H and O–H groups in total. The van der Waals surface area contributed by atoms with Crippen LogP contribution in [-0.2, 0) is 19.1 Å². The van der Waals surface area contributed by atoms with Crippen LogP contribution in [0.2, 0.25) is 0 Å². The van der Waals surface area contributed by atoms with E-state index < -0.39 is 11.9 Å². The summed E-state index contributed by atoms with van der Waals surface area (Å²) in [6.07, 6.45) is 5.10. The number of carboxylic acid groups (broad SMARTS) is 1. The van der Waals surface area contributed by atoms with Crippen molar-refractivity contribution in [2.45, 2.75) is 52.4 Å². The lowest BCUT2D eigenvalue weighted by Gasteiger charge is -2.27. The Hall–Kier alpha value is -3.57. The highest BCUT2D eigenvalue weighted by molar-refractivity contribution is 7.14. The van der Waals surface area contributed by atoms with Crippen LogP contribution < -0.4 is 9.80 Å². The predicted molar refractivity (Wildman–Crippen MR) is 151 cm³/mol. The van der Waals surface area contributed by atoms with E-state index in [-0.39, 0.29) is 24.2 Å². The minimum absolute atomic E-state index is 0.0864. The number of rotatable bonds is 9. The van der Waals surface area contributed by atoms with Gasteiger partial charge in [0.15, 0.2) is 5.13 Å². The zero-order chi connectivity index (χ0) is 28.4. The minimum atomic E-state index is -0.985. The molecule has 5 rings (SSSR count). The summed E-state index contributed by atoms with van der Waals surface area (Å²) in [6.45, 7) is 5.73. The summed E-state index contributed by atoms with van der Waals surface area (Å²) >= 11 is 1.33.